The second-order valence-corrected chi connectivity index (χ2v) is 9.65. The molecule has 1 amide bonds. The summed E-state index contributed by atoms with van der Waals surface area (Å²) in [6.07, 6.45) is 3.92. The van der Waals surface area contributed by atoms with Crippen molar-refractivity contribution in [3.8, 4) is 11.5 Å². The minimum atomic E-state index is -0.607. The van der Waals surface area contributed by atoms with E-state index in [-0.39, 0.29) is 34.8 Å². The Labute approximate surface area is 205 Å². The van der Waals surface area contributed by atoms with E-state index in [2.05, 4.69) is 5.32 Å². The third-order valence-electron chi connectivity index (χ3n) is 5.77. The van der Waals surface area contributed by atoms with Crippen molar-refractivity contribution in [1.29, 1.82) is 0 Å². The second-order valence-electron chi connectivity index (χ2n) is 7.96. The first kappa shape index (κ1) is 24.1. The fraction of sp³-hybridized carbons (Fsp3) is 0.333. The minimum absolute atomic E-state index is 0.00318. The molecule has 2 aromatic rings. The zero-order valence-electron chi connectivity index (χ0n) is 18.4. The van der Waals surface area contributed by atoms with Crippen molar-refractivity contribution in [3.63, 3.8) is 0 Å². The molecular formula is C24H23ClN2O6S. The van der Waals surface area contributed by atoms with Gasteiger partial charge in [0.05, 0.1) is 22.1 Å². The number of carbonyl (C=O) groups excluding carboxylic acids is 2. The summed E-state index contributed by atoms with van der Waals surface area (Å²) in [6, 6.07) is 10.4. The van der Waals surface area contributed by atoms with E-state index in [1.165, 1.54) is 23.9 Å². The number of esters is 1. The highest BCUT2D eigenvalue weighted by atomic mass is 35.5. The lowest BCUT2D eigenvalue weighted by Crippen LogP contribution is -2.26. The molecule has 0 bridgehead atoms. The van der Waals surface area contributed by atoms with Crippen molar-refractivity contribution in [2.75, 3.05) is 6.61 Å². The molecule has 0 saturated heterocycles. The van der Waals surface area contributed by atoms with Crippen LogP contribution in [0.1, 0.15) is 43.0 Å². The Hall–Kier alpha value is -3.04. The van der Waals surface area contributed by atoms with E-state index in [4.69, 9.17) is 21.1 Å². The van der Waals surface area contributed by atoms with Crippen LogP contribution < -0.4 is 10.1 Å². The molecule has 0 radical (unpaired) electrons. The maximum absolute atomic E-state index is 13.0. The smallest absolute Gasteiger partial charge is 0.336 e. The molecule has 2 aliphatic rings. The van der Waals surface area contributed by atoms with Crippen molar-refractivity contribution < 1.29 is 24.0 Å². The molecule has 4 rings (SSSR count). The topological polar surface area (TPSA) is 108 Å². The van der Waals surface area contributed by atoms with E-state index in [0.717, 1.165) is 31.7 Å². The first-order valence-electron chi connectivity index (χ1n) is 11.0. The zero-order chi connectivity index (χ0) is 24.2. The number of amides is 1. The number of thioether (sulfide) groups is 1. The Kier molecular flexibility index (Phi) is 7.43. The SMILES string of the molecule is CCOC(=O)C1=C(NC(=O)c2ccc(Oc3ccc(Cl)cc3)c([N+](=O)[O-])c2)S[C@H]2CCCC[C@@H]12. The summed E-state index contributed by atoms with van der Waals surface area (Å²) in [4.78, 5) is 36.7. The molecule has 0 spiro atoms. The van der Waals surface area contributed by atoms with Crippen molar-refractivity contribution in [3.05, 3.63) is 73.8 Å². The van der Waals surface area contributed by atoms with E-state index >= 15 is 0 Å². The van der Waals surface area contributed by atoms with Gasteiger partial charge < -0.3 is 14.8 Å². The van der Waals surface area contributed by atoms with Gasteiger partial charge in [0.25, 0.3) is 5.91 Å². The zero-order valence-corrected chi connectivity index (χ0v) is 20.0. The van der Waals surface area contributed by atoms with Gasteiger partial charge in [-0.05, 0) is 56.2 Å². The van der Waals surface area contributed by atoms with Crippen LogP contribution in [0.25, 0.3) is 0 Å². The van der Waals surface area contributed by atoms with Crippen LogP contribution in [-0.4, -0.2) is 28.7 Å². The van der Waals surface area contributed by atoms with Crippen molar-refractivity contribution in [2.24, 2.45) is 5.92 Å². The summed E-state index contributed by atoms with van der Waals surface area (Å²) >= 11 is 7.34. The molecule has 0 aromatic heterocycles. The lowest BCUT2D eigenvalue weighted by atomic mass is 9.84. The standard InChI is InChI=1S/C24H23ClN2O6S/c1-2-32-24(29)21-17-5-3-4-6-20(17)34-23(21)26-22(28)14-7-12-19(18(13-14)27(30)31)33-16-10-8-15(25)9-11-16/h7-13,17,20H,2-6H2,1H3,(H,26,28)/t17-,20+/m1/s1. The summed E-state index contributed by atoms with van der Waals surface area (Å²) in [6.45, 7) is 1.98. The highest BCUT2D eigenvalue weighted by Crippen LogP contribution is 2.48. The van der Waals surface area contributed by atoms with Crippen LogP contribution in [-0.2, 0) is 9.53 Å². The number of nitrogens with one attached hydrogen (secondary N) is 1. The van der Waals surface area contributed by atoms with Crippen LogP contribution >= 0.6 is 23.4 Å². The summed E-state index contributed by atoms with van der Waals surface area (Å²) in [5.41, 5.74) is 0.235. The van der Waals surface area contributed by atoms with Gasteiger partial charge in [0.2, 0.25) is 5.75 Å². The van der Waals surface area contributed by atoms with Gasteiger partial charge in [-0.3, -0.25) is 14.9 Å². The number of ether oxygens (including phenoxy) is 2. The van der Waals surface area contributed by atoms with Crippen molar-refractivity contribution >= 4 is 40.9 Å². The number of nitro groups is 1. The van der Waals surface area contributed by atoms with Gasteiger partial charge in [-0.2, -0.15) is 0 Å². The number of hydrogen-bond acceptors (Lipinski definition) is 7. The normalized spacial score (nSPS) is 19.4. The van der Waals surface area contributed by atoms with E-state index in [1.807, 2.05) is 0 Å². The van der Waals surface area contributed by atoms with E-state index in [0.29, 0.717) is 21.4 Å². The Bertz CT molecular complexity index is 1150. The summed E-state index contributed by atoms with van der Waals surface area (Å²) in [7, 11) is 0. The molecule has 10 heteroatoms. The molecule has 178 valence electrons. The molecular weight excluding hydrogens is 480 g/mol. The Balaban J connectivity index is 1.58. The number of hydrogen-bond donors (Lipinski definition) is 1. The second kappa shape index (κ2) is 10.5. The summed E-state index contributed by atoms with van der Waals surface area (Å²) < 4.78 is 10.9. The van der Waals surface area contributed by atoms with Gasteiger partial charge in [0.1, 0.15) is 5.75 Å². The molecule has 8 nitrogen and oxygen atoms in total. The van der Waals surface area contributed by atoms with Crippen LogP contribution in [0.3, 0.4) is 0 Å². The number of nitrogens with zero attached hydrogens (tertiary/aromatic N) is 1. The molecule has 1 fully saturated rings. The number of rotatable bonds is 7. The molecule has 1 saturated carbocycles. The Morgan fingerprint density at radius 1 is 1.18 bits per heavy atom. The van der Waals surface area contributed by atoms with Crippen LogP contribution in [0.4, 0.5) is 5.69 Å². The average Bonchev–Trinajstić information content (AvgIpc) is 3.18. The highest BCUT2D eigenvalue weighted by molar-refractivity contribution is 8.04. The van der Waals surface area contributed by atoms with Gasteiger partial charge in [0.15, 0.2) is 0 Å². The van der Waals surface area contributed by atoms with Crippen LogP contribution in [0.5, 0.6) is 11.5 Å². The lowest BCUT2D eigenvalue weighted by Gasteiger charge is -2.25. The first-order valence-corrected chi connectivity index (χ1v) is 12.2. The Morgan fingerprint density at radius 2 is 1.91 bits per heavy atom. The van der Waals surface area contributed by atoms with Gasteiger partial charge in [-0.1, -0.05) is 24.4 Å². The predicted molar refractivity (Wildman–Crippen MR) is 129 cm³/mol. The molecule has 0 unspecified atom stereocenters. The van der Waals surface area contributed by atoms with Crippen molar-refractivity contribution in [2.45, 2.75) is 37.9 Å². The maximum Gasteiger partial charge on any atom is 0.336 e. The van der Waals surface area contributed by atoms with Gasteiger partial charge in [-0.15, -0.1) is 11.8 Å². The third kappa shape index (κ3) is 5.20. The monoisotopic (exact) mass is 502 g/mol. The first-order chi connectivity index (χ1) is 16.4. The maximum atomic E-state index is 13.0. The number of halogens is 1. The van der Waals surface area contributed by atoms with E-state index < -0.39 is 16.8 Å². The van der Waals surface area contributed by atoms with Crippen LogP contribution in [0, 0.1) is 16.0 Å². The molecule has 34 heavy (non-hydrogen) atoms. The lowest BCUT2D eigenvalue weighted by molar-refractivity contribution is -0.385. The molecule has 1 heterocycles. The predicted octanol–water partition coefficient (Wildman–Crippen LogP) is 5.85. The largest absolute Gasteiger partial charge is 0.463 e. The van der Waals surface area contributed by atoms with Crippen LogP contribution in [0.15, 0.2) is 53.1 Å². The molecule has 2 aromatic carbocycles. The van der Waals surface area contributed by atoms with Crippen molar-refractivity contribution in [1.82, 2.24) is 5.32 Å². The number of fused-ring (bicyclic) bond motifs is 1. The Morgan fingerprint density at radius 3 is 2.62 bits per heavy atom. The third-order valence-corrected chi connectivity index (χ3v) is 7.45. The number of benzene rings is 2. The fourth-order valence-electron chi connectivity index (χ4n) is 4.19. The van der Waals surface area contributed by atoms with Gasteiger partial charge in [-0.25, -0.2) is 4.79 Å². The fourth-order valence-corrected chi connectivity index (χ4v) is 5.86. The molecule has 1 aliphatic heterocycles. The minimum Gasteiger partial charge on any atom is -0.463 e. The van der Waals surface area contributed by atoms with E-state index in [1.54, 1.807) is 31.2 Å². The average molecular weight is 503 g/mol. The number of carbonyl (C=O) groups is 2. The highest BCUT2D eigenvalue weighted by Gasteiger charge is 2.41. The van der Waals surface area contributed by atoms with Crippen LogP contribution in [0.2, 0.25) is 5.02 Å². The molecule has 1 aliphatic carbocycles. The molecule has 1 N–H and O–H groups in total. The summed E-state index contributed by atoms with van der Waals surface area (Å²) in [5, 5.41) is 15.7. The summed E-state index contributed by atoms with van der Waals surface area (Å²) in [5.74, 6) is -0.547. The molecule has 2 atom stereocenters. The number of nitro benzene ring substituents is 1. The van der Waals surface area contributed by atoms with Gasteiger partial charge in [0, 0.05) is 27.8 Å². The van der Waals surface area contributed by atoms with E-state index in [9.17, 15) is 19.7 Å². The van der Waals surface area contributed by atoms with Gasteiger partial charge >= 0.3 is 11.7 Å². The quantitative estimate of drug-likeness (QED) is 0.287.